The zero-order valence-electron chi connectivity index (χ0n) is 6.92. The number of amides is 3. The molecule has 12 heavy (non-hydrogen) atoms. The number of hydrogen-bond donors (Lipinski definition) is 3. The maximum atomic E-state index is 10.8. The second-order valence-electron chi connectivity index (χ2n) is 2.06. The molecule has 0 aromatic rings. The molecule has 0 heterocycles. The van der Waals surface area contributed by atoms with Gasteiger partial charge in [-0.05, 0) is 6.26 Å². The highest BCUT2D eigenvalue weighted by Crippen LogP contribution is 1.86. The lowest BCUT2D eigenvalue weighted by Gasteiger charge is -2.03. The van der Waals surface area contributed by atoms with Crippen molar-refractivity contribution in [3.05, 3.63) is 0 Å². The molecular formula is C6H13N3O2S. The predicted octanol–water partition coefficient (Wildman–Crippen LogP) is -0.866. The van der Waals surface area contributed by atoms with E-state index in [1.807, 2.05) is 6.26 Å². The minimum absolute atomic E-state index is 0.0519. The van der Waals surface area contributed by atoms with Crippen LogP contribution in [0.3, 0.4) is 0 Å². The minimum Gasteiger partial charge on any atom is -0.354 e. The van der Waals surface area contributed by atoms with Crippen molar-refractivity contribution in [1.29, 1.82) is 0 Å². The van der Waals surface area contributed by atoms with Crippen LogP contribution in [0.5, 0.6) is 0 Å². The average Bonchev–Trinajstić information content (AvgIpc) is 2.01. The number of urea groups is 1. The molecule has 0 rings (SSSR count). The first kappa shape index (κ1) is 11.1. The molecule has 0 aromatic heterocycles. The second kappa shape index (κ2) is 6.78. The molecule has 0 saturated carbocycles. The van der Waals surface area contributed by atoms with Crippen LogP contribution in [0.1, 0.15) is 0 Å². The largest absolute Gasteiger partial charge is 0.354 e. The molecule has 0 spiro atoms. The first-order chi connectivity index (χ1) is 5.66. The van der Waals surface area contributed by atoms with Gasteiger partial charge in [-0.15, -0.1) is 0 Å². The summed E-state index contributed by atoms with van der Waals surface area (Å²) in [6.07, 6.45) is 1.95. The smallest absolute Gasteiger partial charge is 0.312 e. The van der Waals surface area contributed by atoms with E-state index in [9.17, 15) is 9.59 Å². The second-order valence-corrected chi connectivity index (χ2v) is 3.05. The van der Waals surface area contributed by atoms with Gasteiger partial charge in [-0.2, -0.15) is 11.8 Å². The van der Waals surface area contributed by atoms with Crippen LogP contribution in [0.25, 0.3) is 0 Å². The van der Waals surface area contributed by atoms with Crippen molar-refractivity contribution < 1.29 is 9.59 Å². The van der Waals surface area contributed by atoms with E-state index < -0.39 is 6.03 Å². The first-order valence-electron chi connectivity index (χ1n) is 3.45. The molecule has 0 aliphatic carbocycles. The lowest BCUT2D eigenvalue weighted by molar-refractivity contribution is -0.119. The maximum absolute atomic E-state index is 10.8. The fourth-order valence-electron chi connectivity index (χ4n) is 0.522. The zero-order valence-corrected chi connectivity index (χ0v) is 7.74. The number of carbonyl (C=O) groups is 2. The molecule has 0 aromatic carbocycles. The Balaban J connectivity index is 3.28. The summed E-state index contributed by atoms with van der Waals surface area (Å²) in [6.45, 7) is 0.560. The highest BCUT2D eigenvalue weighted by Gasteiger charge is 1.99. The van der Waals surface area contributed by atoms with E-state index in [4.69, 9.17) is 5.73 Å². The highest BCUT2D eigenvalue weighted by molar-refractivity contribution is 7.98. The van der Waals surface area contributed by atoms with Gasteiger partial charge < -0.3 is 16.4 Å². The Morgan fingerprint density at radius 2 is 2.08 bits per heavy atom. The third kappa shape index (κ3) is 7.20. The Hall–Kier alpha value is -0.910. The molecule has 4 N–H and O–H groups in total. The standard InChI is InChI=1S/C6H13N3O2S/c1-12-3-2-8-5(10)4-9-6(7)11/h2-4H2,1H3,(H,8,10)(H3,7,9,11). The van der Waals surface area contributed by atoms with Gasteiger partial charge in [0, 0.05) is 12.3 Å². The normalized spacial score (nSPS) is 9.08. The van der Waals surface area contributed by atoms with Crippen LogP contribution < -0.4 is 16.4 Å². The van der Waals surface area contributed by atoms with Gasteiger partial charge in [-0.25, -0.2) is 4.79 Å². The summed E-state index contributed by atoms with van der Waals surface area (Å²) in [5.41, 5.74) is 4.76. The Kier molecular flexibility index (Phi) is 6.26. The molecule has 0 saturated heterocycles. The number of nitrogens with one attached hydrogen (secondary N) is 2. The molecule has 0 bridgehead atoms. The molecule has 6 heteroatoms. The molecular weight excluding hydrogens is 178 g/mol. The van der Waals surface area contributed by atoms with Crippen LogP contribution in [-0.2, 0) is 4.79 Å². The van der Waals surface area contributed by atoms with Gasteiger partial charge in [0.1, 0.15) is 0 Å². The molecule has 3 amide bonds. The van der Waals surface area contributed by atoms with Gasteiger partial charge >= 0.3 is 6.03 Å². The van der Waals surface area contributed by atoms with Crippen LogP contribution in [0.15, 0.2) is 0 Å². The lowest BCUT2D eigenvalue weighted by atomic mass is 10.5. The fourth-order valence-corrected chi connectivity index (χ4v) is 0.829. The van der Waals surface area contributed by atoms with E-state index >= 15 is 0 Å². The van der Waals surface area contributed by atoms with E-state index in [-0.39, 0.29) is 12.5 Å². The van der Waals surface area contributed by atoms with Gasteiger partial charge in [0.25, 0.3) is 0 Å². The van der Waals surface area contributed by atoms with E-state index in [1.165, 1.54) is 0 Å². The minimum atomic E-state index is -0.685. The molecule has 70 valence electrons. The SMILES string of the molecule is CSCCNC(=O)CNC(N)=O. The van der Waals surface area contributed by atoms with Crippen molar-refractivity contribution in [2.24, 2.45) is 5.73 Å². The Morgan fingerprint density at radius 3 is 2.58 bits per heavy atom. The van der Waals surface area contributed by atoms with Crippen molar-refractivity contribution >= 4 is 23.7 Å². The van der Waals surface area contributed by atoms with Gasteiger partial charge in [0.15, 0.2) is 0 Å². The van der Waals surface area contributed by atoms with Gasteiger partial charge in [0.2, 0.25) is 5.91 Å². The quantitative estimate of drug-likeness (QED) is 0.494. The number of nitrogens with two attached hydrogens (primary N) is 1. The number of primary amides is 1. The van der Waals surface area contributed by atoms with Crippen LogP contribution in [0.2, 0.25) is 0 Å². The van der Waals surface area contributed by atoms with E-state index in [1.54, 1.807) is 11.8 Å². The number of carbonyl (C=O) groups excluding carboxylic acids is 2. The average molecular weight is 191 g/mol. The highest BCUT2D eigenvalue weighted by atomic mass is 32.2. The summed E-state index contributed by atoms with van der Waals surface area (Å²) in [5.74, 6) is 0.644. The molecule has 0 aliphatic rings. The monoisotopic (exact) mass is 191 g/mol. The van der Waals surface area contributed by atoms with Gasteiger partial charge in [0.05, 0.1) is 6.54 Å². The molecule has 0 radical (unpaired) electrons. The molecule has 0 atom stereocenters. The molecule has 5 nitrogen and oxygen atoms in total. The van der Waals surface area contributed by atoms with Crippen molar-refractivity contribution in [3.63, 3.8) is 0 Å². The van der Waals surface area contributed by atoms with Crippen molar-refractivity contribution in [1.82, 2.24) is 10.6 Å². The van der Waals surface area contributed by atoms with Crippen LogP contribution in [0.4, 0.5) is 4.79 Å². The Bertz CT molecular complexity index is 163. The third-order valence-electron chi connectivity index (χ3n) is 1.05. The summed E-state index contributed by atoms with van der Waals surface area (Å²) in [7, 11) is 0. The van der Waals surface area contributed by atoms with Crippen LogP contribution >= 0.6 is 11.8 Å². The molecule has 0 fully saturated rings. The summed E-state index contributed by atoms with van der Waals surface area (Å²) < 4.78 is 0. The summed E-state index contributed by atoms with van der Waals surface area (Å²) in [4.78, 5) is 21.0. The number of rotatable bonds is 5. The summed E-state index contributed by atoms with van der Waals surface area (Å²) in [5, 5.41) is 4.80. The van der Waals surface area contributed by atoms with Crippen LogP contribution in [-0.4, -0.2) is 37.0 Å². The Labute approximate surface area is 75.4 Å². The summed E-state index contributed by atoms with van der Waals surface area (Å²) in [6, 6.07) is -0.685. The molecule has 0 aliphatic heterocycles. The first-order valence-corrected chi connectivity index (χ1v) is 4.85. The number of hydrogen-bond acceptors (Lipinski definition) is 3. The van der Waals surface area contributed by atoms with Gasteiger partial charge in [-0.3, -0.25) is 4.79 Å². The van der Waals surface area contributed by atoms with E-state index in [0.29, 0.717) is 6.54 Å². The van der Waals surface area contributed by atoms with E-state index in [0.717, 1.165) is 5.75 Å². The predicted molar refractivity (Wildman–Crippen MR) is 49.0 cm³/mol. The Morgan fingerprint density at radius 1 is 1.42 bits per heavy atom. The maximum Gasteiger partial charge on any atom is 0.312 e. The van der Waals surface area contributed by atoms with Crippen molar-refractivity contribution in [2.75, 3.05) is 25.1 Å². The lowest BCUT2D eigenvalue weighted by Crippen LogP contribution is -2.39. The van der Waals surface area contributed by atoms with Gasteiger partial charge in [-0.1, -0.05) is 0 Å². The van der Waals surface area contributed by atoms with Crippen LogP contribution in [0, 0.1) is 0 Å². The summed E-state index contributed by atoms with van der Waals surface area (Å²) >= 11 is 1.64. The number of thioether (sulfide) groups is 1. The van der Waals surface area contributed by atoms with Crippen molar-refractivity contribution in [3.8, 4) is 0 Å². The van der Waals surface area contributed by atoms with Crippen molar-refractivity contribution in [2.45, 2.75) is 0 Å². The third-order valence-corrected chi connectivity index (χ3v) is 1.66. The zero-order chi connectivity index (χ0) is 9.40. The van der Waals surface area contributed by atoms with E-state index in [2.05, 4.69) is 10.6 Å². The fraction of sp³-hybridized carbons (Fsp3) is 0.667. The topological polar surface area (TPSA) is 84.2 Å². The molecule has 0 unspecified atom stereocenters.